The van der Waals surface area contributed by atoms with Crippen molar-refractivity contribution in [3.8, 4) is 0 Å². The van der Waals surface area contributed by atoms with Crippen LogP contribution in [0.15, 0.2) is 10.7 Å². The number of halogens is 1. The Balaban J connectivity index is 2.26. The lowest BCUT2D eigenvalue weighted by molar-refractivity contribution is 0.174. The molecule has 1 aliphatic carbocycles. The van der Waals surface area contributed by atoms with E-state index >= 15 is 0 Å². The van der Waals surface area contributed by atoms with Gasteiger partial charge in [-0.25, -0.2) is 0 Å². The van der Waals surface area contributed by atoms with Crippen molar-refractivity contribution in [1.82, 2.24) is 9.78 Å². The largest absolute Gasteiger partial charge is 0.383 e. The fourth-order valence-electron chi connectivity index (χ4n) is 3.29. The van der Waals surface area contributed by atoms with Gasteiger partial charge in [0.05, 0.1) is 35.6 Å². The number of hydrogen-bond acceptors (Lipinski definition) is 3. The standard InChI is InChI=1S/C14H24BrN3O/c1-3-14(6-4-5-7-14)13(16)12-11(15)10-17-18(12)8-9-19-2/h10,13H,3-9,16H2,1-2H3. The summed E-state index contributed by atoms with van der Waals surface area (Å²) in [6.07, 6.45) is 8.04. The highest BCUT2D eigenvalue weighted by molar-refractivity contribution is 9.10. The first kappa shape index (κ1) is 15.0. The fourth-order valence-corrected chi connectivity index (χ4v) is 3.83. The molecule has 1 saturated carbocycles. The molecule has 1 atom stereocenters. The van der Waals surface area contributed by atoms with Gasteiger partial charge in [-0.3, -0.25) is 4.68 Å². The van der Waals surface area contributed by atoms with Crippen molar-refractivity contribution in [3.05, 3.63) is 16.4 Å². The third-order valence-electron chi connectivity index (χ3n) is 4.60. The topological polar surface area (TPSA) is 53.1 Å². The predicted molar refractivity (Wildman–Crippen MR) is 79.9 cm³/mol. The lowest BCUT2D eigenvalue weighted by atomic mass is 9.75. The predicted octanol–water partition coefficient (Wildman–Crippen LogP) is 3.26. The first-order valence-electron chi connectivity index (χ1n) is 7.10. The molecule has 1 aliphatic rings. The molecule has 0 saturated heterocycles. The summed E-state index contributed by atoms with van der Waals surface area (Å²) in [6.45, 7) is 3.67. The first-order chi connectivity index (χ1) is 9.14. The lowest BCUT2D eigenvalue weighted by Gasteiger charge is -2.35. The van der Waals surface area contributed by atoms with Crippen molar-refractivity contribution in [2.24, 2.45) is 11.1 Å². The summed E-state index contributed by atoms with van der Waals surface area (Å²) in [5.74, 6) is 0. The van der Waals surface area contributed by atoms with Gasteiger partial charge in [0.1, 0.15) is 0 Å². The normalized spacial score (nSPS) is 19.8. The highest BCUT2D eigenvalue weighted by Crippen LogP contribution is 2.49. The molecule has 0 bridgehead atoms. The van der Waals surface area contributed by atoms with E-state index in [9.17, 15) is 0 Å². The Morgan fingerprint density at radius 1 is 1.53 bits per heavy atom. The molecule has 2 N–H and O–H groups in total. The highest BCUT2D eigenvalue weighted by atomic mass is 79.9. The van der Waals surface area contributed by atoms with Crippen LogP contribution in [0.4, 0.5) is 0 Å². The van der Waals surface area contributed by atoms with Crippen LogP contribution in [0.25, 0.3) is 0 Å². The maximum absolute atomic E-state index is 6.63. The number of hydrogen-bond donors (Lipinski definition) is 1. The van der Waals surface area contributed by atoms with Crippen LogP contribution in [-0.2, 0) is 11.3 Å². The van der Waals surface area contributed by atoms with Crippen LogP contribution < -0.4 is 5.73 Å². The second-order valence-corrected chi connectivity index (χ2v) is 6.35. The minimum atomic E-state index is 0.0498. The van der Waals surface area contributed by atoms with Gasteiger partial charge in [0, 0.05) is 7.11 Å². The second-order valence-electron chi connectivity index (χ2n) is 5.49. The Morgan fingerprint density at radius 3 is 2.79 bits per heavy atom. The summed E-state index contributed by atoms with van der Waals surface area (Å²) >= 11 is 3.61. The van der Waals surface area contributed by atoms with Crippen LogP contribution in [0.5, 0.6) is 0 Å². The maximum atomic E-state index is 6.63. The molecule has 0 amide bonds. The van der Waals surface area contributed by atoms with Gasteiger partial charge in [0.2, 0.25) is 0 Å². The van der Waals surface area contributed by atoms with E-state index in [4.69, 9.17) is 10.5 Å². The first-order valence-corrected chi connectivity index (χ1v) is 7.89. The number of rotatable bonds is 6. The zero-order valence-corrected chi connectivity index (χ0v) is 13.4. The molecule has 5 heteroatoms. The summed E-state index contributed by atoms with van der Waals surface area (Å²) in [4.78, 5) is 0. The van der Waals surface area contributed by atoms with Crippen LogP contribution in [0.2, 0.25) is 0 Å². The number of methoxy groups -OCH3 is 1. The smallest absolute Gasteiger partial charge is 0.0700 e. The van der Waals surface area contributed by atoms with E-state index in [0.29, 0.717) is 6.61 Å². The summed E-state index contributed by atoms with van der Waals surface area (Å²) < 4.78 is 8.17. The third-order valence-corrected chi connectivity index (χ3v) is 5.21. The Labute approximate surface area is 123 Å². The van der Waals surface area contributed by atoms with E-state index in [1.807, 2.05) is 10.9 Å². The molecule has 0 radical (unpaired) electrons. The number of aromatic nitrogens is 2. The number of nitrogens with two attached hydrogens (primary N) is 1. The molecular weight excluding hydrogens is 306 g/mol. The SMILES string of the molecule is CCC1(C(N)c2c(Br)cnn2CCOC)CCCC1. The van der Waals surface area contributed by atoms with Crippen LogP contribution in [0, 0.1) is 5.41 Å². The third kappa shape index (κ3) is 2.88. The average molecular weight is 330 g/mol. The van der Waals surface area contributed by atoms with Crippen molar-refractivity contribution < 1.29 is 4.74 Å². The van der Waals surface area contributed by atoms with Crippen molar-refractivity contribution in [1.29, 1.82) is 0 Å². The number of nitrogens with zero attached hydrogens (tertiary/aromatic N) is 2. The maximum Gasteiger partial charge on any atom is 0.0700 e. The summed E-state index contributed by atoms with van der Waals surface area (Å²) in [7, 11) is 1.71. The Kier molecular flexibility index (Phi) is 5.03. The van der Waals surface area contributed by atoms with Crippen molar-refractivity contribution >= 4 is 15.9 Å². The average Bonchev–Trinajstić information content (AvgIpc) is 3.03. The van der Waals surface area contributed by atoms with E-state index in [1.54, 1.807) is 7.11 Å². The van der Waals surface area contributed by atoms with Gasteiger partial charge < -0.3 is 10.5 Å². The van der Waals surface area contributed by atoms with E-state index in [1.165, 1.54) is 25.7 Å². The van der Waals surface area contributed by atoms with Crippen LogP contribution in [0.3, 0.4) is 0 Å². The van der Waals surface area contributed by atoms with E-state index in [0.717, 1.165) is 23.1 Å². The van der Waals surface area contributed by atoms with Gasteiger partial charge >= 0.3 is 0 Å². The van der Waals surface area contributed by atoms with Crippen molar-refractivity contribution in [3.63, 3.8) is 0 Å². The molecule has 0 spiro atoms. The molecule has 1 fully saturated rings. The molecule has 1 aromatic heterocycles. The zero-order chi connectivity index (χ0) is 13.9. The van der Waals surface area contributed by atoms with Crippen molar-refractivity contribution in [2.75, 3.05) is 13.7 Å². The zero-order valence-electron chi connectivity index (χ0n) is 11.9. The molecular formula is C14H24BrN3O. The van der Waals surface area contributed by atoms with Gasteiger partial charge in [-0.2, -0.15) is 5.10 Å². The molecule has 4 nitrogen and oxygen atoms in total. The van der Waals surface area contributed by atoms with E-state index in [2.05, 4.69) is 28.0 Å². The molecule has 0 aromatic carbocycles. The van der Waals surface area contributed by atoms with Crippen LogP contribution in [0.1, 0.15) is 50.8 Å². The Morgan fingerprint density at radius 2 is 2.21 bits per heavy atom. The van der Waals surface area contributed by atoms with Crippen molar-refractivity contribution in [2.45, 2.75) is 51.6 Å². The molecule has 108 valence electrons. The molecule has 0 aliphatic heterocycles. The monoisotopic (exact) mass is 329 g/mol. The lowest BCUT2D eigenvalue weighted by Crippen LogP contribution is -2.34. The molecule has 1 unspecified atom stereocenters. The molecule has 1 heterocycles. The quantitative estimate of drug-likeness (QED) is 0.871. The minimum Gasteiger partial charge on any atom is -0.383 e. The molecule has 1 aromatic rings. The molecule has 2 rings (SSSR count). The van der Waals surface area contributed by atoms with Gasteiger partial charge in [-0.15, -0.1) is 0 Å². The van der Waals surface area contributed by atoms with Gasteiger partial charge in [0.25, 0.3) is 0 Å². The highest BCUT2D eigenvalue weighted by Gasteiger charge is 2.40. The summed E-state index contributed by atoms with van der Waals surface area (Å²) in [6, 6.07) is 0.0498. The minimum absolute atomic E-state index is 0.0498. The van der Waals surface area contributed by atoms with Gasteiger partial charge in [-0.1, -0.05) is 19.8 Å². The fraction of sp³-hybridized carbons (Fsp3) is 0.786. The summed E-state index contributed by atoms with van der Waals surface area (Å²) in [5.41, 5.74) is 8.00. The van der Waals surface area contributed by atoms with E-state index < -0.39 is 0 Å². The Hall–Kier alpha value is -0.390. The molecule has 19 heavy (non-hydrogen) atoms. The van der Waals surface area contributed by atoms with Crippen LogP contribution in [-0.4, -0.2) is 23.5 Å². The van der Waals surface area contributed by atoms with Gasteiger partial charge in [-0.05, 0) is 40.6 Å². The second kappa shape index (κ2) is 6.37. The van der Waals surface area contributed by atoms with E-state index in [-0.39, 0.29) is 11.5 Å². The van der Waals surface area contributed by atoms with Gasteiger partial charge in [0.15, 0.2) is 0 Å². The van der Waals surface area contributed by atoms with Crippen LogP contribution >= 0.6 is 15.9 Å². The summed E-state index contributed by atoms with van der Waals surface area (Å²) in [5, 5.41) is 4.42. The number of ether oxygens (including phenoxy) is 1. The Bertz CT molecular complexity index is 413.